The molecule has 1 N–H and O–H groups in total. The van der Waals surface area contributed by atoms with E-state index in [1.807, 2.05) is 0 Å². The van der Waals surface area contributed by atoms with Gasteiger partial charge in [-0.3, -0.25) is 0 Å². The van der Waals surface area contributed by atoms with Gasteiger partial charge >= 0.3 is 0 Å². The van der Waals surface area contributed by atoms with Gasteiger partial charge in [0, 0.05) is 13.1 Å². The summed E-state index contributed by atoms with van der Waals surface area (Å²) in [5, 5.41) is 3.49. The molecule has 0 fully saturated rings. The first-order valence-corrected chi connectivity index (χ1v) is 7.05. The lowest BCUT2D eigenvalue weighted by Crippen LogP contribution is -2.12. The zero-order chi connectivity index (χ0) is 13.8. The summed E-state index contributed by atoms with van der Waals surface area (Å²) in [6, 6.07) is 17.5. The van der Waals surface area contributed by atoms with Crippen molar-refractivity contribution >= 4 is 5.57 Å². The van der Waals surface area contributed by atoms with E-state index < -0.39 is 0 Å². The van der Waals surface area contributed by atoms with Crippen molar-refractivity contribution in [2.75, 3.05) is 0 Å². The van der Waals surface area contributed by atoms with Crippen molar-refractivity contribution in [3.63, 3.8) is 0 Å². The van der Waals surface area contributed by atoms with Gasteiger partial charge in [-0.25, -0.2) is 0 Å². The first kappa shape index (κ1) is 12.9. The third-order valence-corrected chi connectivity index (χ3v) is 3.62. The predicted octanol–water partition coefficient (Wildman–Crippen LogP) is 4.24. The number of hydrogen-bond acceptors (Lipinski definition) is 1. The van der Waals surface area contributed by atoms with E-state index in [-0.39, 0.29) is 0 Å². The third-order valence-electron chi connectivity index (χ3n) is 3.62. The summed E-state index contributed by atoms with van der Waals surface area (Å²) >= 11 is 0. The second kappa shape index (κ2) is 5.89. The van der Waals surface area contributed by atoms with Crippen LogP contribution in [-0.4, -0.2) is 0 Å². The van der Waals surface area contributed by atoms with Crippen molar-refractivity contribution in [2.45, 2.75) is 20.0 Å². The topological polar surface area (TPSA) is 12.0 Å². The molecule has 2 aromatic rings. The highest BCUT2D eigenvalue weighted by molar-refractivity contribution is 5.80. The Labute approximate surface area is 120 Å². The number of allylic oxidation sites excluding steroid dienone is 4. The van der Waals surface area contributed by atoms with E-state index in [4.69, 9.17) is 0 Å². The SMILES string of the molecule is Cc1ccc(CNCc2ccc(C3=CC=C3)cc2)cc1. The molecule has 1 heteroatoms. The maximum atomic E-state index is 3.49. The summed E-state index contributed by atoms with van der Waals surface area (Å²) in [6.45, 7) is 3.93. The van der Waals surface area contributed by atoms with E-state index in [0.29, 0.717) is 0 Å². The maximum Gasteiger partial charge on any atom is 0.0208 e. The Hall–Kier alpha value is -2.12. The van der Waals surface area contributed by atoms with Gasteiger partial charge in [0.2, 0.25) is 0 Å². The largest absolute Gasteiger partial charge is 0.309 e. The average Bonchev–Trinajstić information content (AvgIpc) is 2.41. The van der Waals surface area contributed by atoms with E-state index in [9.17, 15) is 0 Å². The molecule has 20 heavy (non-hydrogen) atoms. The molecule has 0 saturated heterocycles. The summed E-state index contributed by atoms with van der Waals surface area (Å²) in [4.78, 5) is 0. The molecule has 0 spiro atoms. The van der Waals surface area contributed by atoms with Crippen LogP contribution in [0.4, 0.5) is 0 Å². The third kappa shape index (κ3) is 3.06. The van der Waals surface area contributed by atoms with Gasteiger partial charge in [-0.2, -0.15) is 0 Å². The Morgan fingerprint density at radius 3 is 1.85 bits per heavy atom. The molecular weight excluding hydrogens is 242 g/mol. The number of hydrogen-bond donors (Lipinski definition) is 1. The fourth-order valence-corrected chi connectivity index (χ4v) is 2.26. The zero-order valence-electron chi connectivity index (χ0n) is 11.8. The molecule has 3 rings (SSSR count). The van der Waals surface area contributed by atoms with Gasteiger partial charge in [-0.1, -0.05) is 72.3 Å². The summed E-state index contributed by atoms with van der Waals surface area (Å²) in [6.07, 6.45) is 6.36. The highest BCUT2D eigenvalue weighted by Crippen LogP contribution is 2.22. The van der Waals surface area contributed by atoms with Crippen LogP contribution in [0.25, 0.3) is 5.57 Å². The van der Waals surface area contributed by atoms with Crippen LogP contribution >= 0.6 is 0 Å². The van der Waals surface area contributed by atoms with Crippen LogP contribution in [0.5, 0.6) is 0 Å². The van der Waals surface area contributed by atoms with Crippen molar-refractivity contribution in [1.82, 2.24) is 5.32 Å². The van der Waals surface area contributed by atoms with Crippen molar-refractivity contribution in [2.24, 2.45) is 0 Å². The fraction of sp³-hybridized carbons (Fsp3) is 0.158. The van der Waals surface area contributed by atoms with Gasteiger partial charge in [0.1, 0.15) is 0 Å². The zero-order valence-corrected chi connectivity index (χ0v) is 11.8. The average molecular weight is 261 g/mol. The van der Waals surface area contributed by atoms with Gasteiger partial charge in [-0.15, -0.1) is 0 Å². The first-order valence-electron chi connectivity index (χ1n) is 7.05. The molecule has 2 aromatic carbocycles. The van der Waals surface area contributed by atoms with E-state index in [1.54, 1.807) is 0 Å². The molecule has 0 unspecified atom stereocenters. The lowest BCUT2D eigenvalue weighted by Gasteiger charge is -2.09. The van der Waals surface area contributed by atoms with Crippen molar-refractivity contribution in [3.8, 4) is 0 Å². The van der Waals surface area contributed by atoms with Crippen LogP contribution in [0.15, 0.2) is 66.8 Å². The van der Waals surface area contributed by atoms with E-state index in [1.165, 1.54) is 27.8 Å². The minimum absolute atomic E-state index is 0.906. The lowest BCUT2D eigenvalue weighted by molar-refractivity contribution is 0.693. The van der Waals surface area contributed by atoms with Crippen LogP contribution in [0.3, 0.4) is 0 Å². The van der Waals surface area contributed by atoms with Crippen molar-refractivity contribution < 1.29 is 0 Å². The molecule has 0 amide bonds. The summed E-state index contributed by atoms with van der Waals surface area (Å²) in [5.41, 5.74) is 6.59. The predicted molar refractivity (Wildman–Crippen MR) is 85.3 cm³/mol. The Morgan fingerprint density at radius 2 is 1.35 bits per heavy atom. The smallest absolute Gasteiger partial charge is 0.0208 e. The standard InChI is InChI=1S/C19H19N/c1-15-5-7-16(8-6-15)13-20-14-17-9-11-19(12-10-17)18-3-2-4-18/h2-12,20H,13-14H2,1H3. The highest BCUT2D eigenvalue weighted by atomic mass is 14.8. The van der Waals surface area contributed by atoms with Crippen LogP contribution < -0.4 is 5.32 Å². The molecular formula is C19H19N. The monoisotopic (exact) mass is 261 g/mol. The van der Waals surface area contributed by atoms with Crippen LogP contribution in [0, 0.1) is 6.92 Å². The molecule has 0 saturated carbocycles. The first-order chi connectivity index (χ1) is 9.81. The fourth-order valence-electron chi connectivity index (χ4n) is 2.26. The number of rotatable bonds is 5. The minimum Gasteiger partial charge on any atom is -0.309 e. The normalized spacial score (nSPS) is 12.9. The van der Waals surface area contributed by atoms with Gasteiger partial charge in [0.15, 0.2) is 0 Å². The summed E-state index contributed by atoms with van der Waals surface area (Å²) in [5.74, 6) is 0. The Morgan fingerprint density at radius 1 is 0.800 bits per heavy atom. The maximum absolute atomic E-state index is 3.49. The molecule has 0 aliphatic heterocycles. The van der Waals surface area contributed by atoms with Gasteiger partial charge in [-0.05, 0) is 29.2 Å². The Balaban J connectivity index is 1.52. The molecule has 1 nitrogen and oxygen atoms in total. The number of aryl methyl sites for hydroxylation is 1. The summed E-state index contributed by atoms with van der Waals surface area (Å²) in [7, 11) is 0. The van der Waals surface area contributed by atoms with Crippen LogP contribution in [0.1, 0.15) is 22.3 Å². The lowest BCUT2D eigenvalue weighted by atomic mass is 9.98. The van der Waals surface area contributed by atoms with Crippen LogP contribution in [0.2, 0.25) is 0 Å². The second-order valence-electron chi connectivity index (χ2n) is 5.27. The minimum atomic E-state index is 0.906. The van der Waals surface area contributed by atoms with Crippen molar-refractivity contribution in [3.05, 3.63) is 89.0 Å². The Kier molecular flexibility index (Phi) is 3.80. The second-order valence-corrected chi connectivity index (χ2v) is 5.27. The van der Waals surface area contributed by atoms with Gasteiger partial charge in [0.05, 0.1) is 0 Å². The number of benzene rings is 2. The molecule has 0 bridgehead atoms. The molecule has 100 valence electrons. The van der Waals surface area contributed by atoms with Gasteiger partial charge in [0.25, 0.3) is 0 Å². The Bertz CT molecular complexity index is 630. The van der Waals surface area contributed by atoms with E-state index >= 15 is 0 Å². The molecule has 0 atom stereocenters. The van der Waals surface area contributed by atoms with Gasteiger partial charge < -0.3 is 5.32 Å². The molecule has 1 aliphatic rings. The van der Waals surface area contributed by atoms with Crippen molar-refractivity contribution in [1.29, 1.82) is 0 Å². The molecule has 0 aromatic heterocycles. The number of nitrogens with one attached hydrogen (secondary N) is 1. The van der Waals surface area contributed by atoms with Crippen LogP contribution in [-0.2, 0) is 13.1 Å². The quantitative estimate of drug-likeness (QED) is 0.849. The van der Waals surface area contributed by atoms with E-state index in [0.717, 1.165) is 13.1 Å². The highest BCUT2D eigenvalue weighted by Gasteiger charge is 2.02. The van der Waals surface area contributed by atoms with E-state index in [2.05, 4.69) is 79.0 Å². The molecule has 0 heterocycles. The summed E-state index contributed by atoms with van der Waals surface area (Å²) < 4.78 is 0. The molecule has 1 aliphatic carbocycles. The molecule has 0 radical (unpaired) electrons.